The zero-order chi connectivity index (χ0) is 34.8. The van der Waals surface area contributed by atoms with Gasteiger partial charge in [0.2, 0.25) is 0 Å². The fraction of sp³-hybridized carbons (Fsp3) is 0.268. The molecule has 8 heteroatoms. The van der Waals surface area contributed by atoms with Crippen LogP contribution in [0.5, 0.6) is 5.75 Å². The van der Waals surface area contributed by atoms with Crippen molar-refractivity contribution in [2.24, 2.45) is 0 Å². The van der Waals surface area contributed by atoms with Crippen LogP contribution in [0.3, 0.4) is 0 Å². The Morgan fingerprint density at radius 2 is 1.45 bits per heavy atom. The van der Waals surface area contributed by atoms with Crippen LogP contribution in [-0.2, 0) is 27.2 Å². The number of ether oxygens (including phenoxy) is 3. The Morgan fingerprint density at radius 1 is 0.796 bits per heavy atom. The second-order valence-electron chi connectivity index (χ2n) is 11.9. The highest BCUT2D eigenvalue weighted by Crippen LogP contribution is 2.42. The number of aromatic nitrogens is 1. The topological polar surface area (TPSA) is 78.8 Å². The number of rotatable bonds is 15. The maximum atomic E-state index is 14.3. The number of nitrogens with zero attached hydrogens (tertiary/aromatic N) is 1. The van der Waals surface area contributed by atoms with Crippen LogP contribution in [-0.4, -0.2) is 42.4 Å². The molecular weight excluding hydrogens is 619 g/mol. The van der Waals surface area contributed by atoms with Crippen molar-refractivity contribution in [3.63, 3.8) is 0 Å². The van der Waals surface area contributed by atoms with Gasteiger partial charge in [-0.2, -0.15) is 0 Å². The van der Waals surface area contributed by atoms with Crippen LogP contribution in [0.15, 0.2) is 109 Å². The summed E-state index contributed by atoms with van der Waals surface area (Å²) in [4.78, 5) is 26.6. The van der Waals surface area contributed by atoms with E-state index in [1.165, 1.54) is 12.1 Å². The largest absolute Gasteiger partial charge is 0.492 e. The minimum atomic E-state index is -0.670. The van der Waals surface area contributed by atoms with Crippen LogP contribution in [0, 0.1) is 5.82 Å². The van der Waals surface area contributed by atoms with Gasteiger partial charge in [-0.15, -0.1) is 0 Å². The second kappa shape index (κ2) is 16.8. The molecule has 0 aliphatic carbocycles. The van der Waals surface area contributed by atoms with Gasteiger partial charge in [0, 0.05) is 30.0 Å². The van der Waals surface area contributed by atoms with Crippen molar-refractivity contribution in [3.8, 4) is 28.1 Å². The molecule has 5 aromatic rings. The number of carbonyl (C=O) groups is 2. The number of amides is 1. The van der Waals surface area contributed by atoms with Gasteiger partial charge in [0.15, 0.2) is 6.10 Å². The van der Waals surface area contributed by atoms with E-state index in [0.717, 1.165) is 33.6 Å². The molecule has 49 heavy (non-hydrogen) atoms. The number of nitrogens with one attached hydrogen (secondary N) is 1. The van der Waals surface area contributed by atoms with Crippen molar-refractivity contribution in [2.75, 3.05) is 25.1 Å². The molecule has 7 nitrogen and oxygen atoms in total. The summed E-state index contributed by atoms with van der Waals surface area (Å²) >= 11 is 0. The number of anilines is 1. The quantitative estimate of drug-likeness (QED) is 0.113. The van der Waals surface area contributed by atoms with Gasteiger partial charge in [-0.25, -0.2) is 9.18 Å². The lowest BCUT2D eigenvalue weighted by atomic mass is 9.94. The molecule has 4 aromatic carbocycles. The van der Waals surface area contributed by atoms with E-state index in [1.807, 2.05) is 91.9 Å². The molecule has 0 fully saturated rings. The molecule has 0 aliphatic rings. The maximum absolute atomic E-state index is 14.3. The molecule has 0 unspecified atom stereocenters. The molecular formula is C41H43FN2O5. The highest BCUT2D eigenvalue weighted by molar-refractivity contribution is 6.12. The summed E-state index contributed by atoms with van der Waals surface area (Å²) in [5.41, 5.74) is 6.30. The minimum absolute atomic E-state index is 0.0369. The highest BCUT2D eigenvalue weighted by Gasteiger charge is 2.30. The van der Waals surface area contributed by atoms with E-state index in [-0.39, 0.29) is 23.6 Å². The third kappa shape index (κ3) is 8.64. The van der Waals surface area contributed by atoms with E-state index >= 15 is 0 Å². The summed E-state index contributed by atoms with van der Waals surface area (Å²) in [6.45, 7) is 9.20. The Hall–Kier alpha value is -5.21. The van der Waals surface area contributed by atoms with Crippen molar-refractivity contribution in [1.29, 1.82) is 0 Å². The maximum Gasteiger partial charge on any atom is 0.335 e. The molecule has 0 spiro atoms. The molecule has 1 N–H and O–H groups in total. The van der Waals surface area contributed by atoms with Crippen molar-refractivity contribution in [2.45, 2.75) is 52.7 Å². The average molecular weight is 663 g/mol. The van der Waals surface area contributed by atoms with Gasteiger partial charge in [0.1, 0.15) is 18.2 Å². The number of benzene rings is 4. The Labute approximate surface area is 287 Å². The van der Waals surface area contributed by atoms with Crippen molar-refractivity contribution >= 4 is 17.6 Å². The molecule has 5 rings (SSSR count). The van der Waals surface area contributed by atoms with Gasteiger partial charge in [-0.3, -0.25) is 4.79 Å². The monoisotopic (exact) mass is 662 g/mol. The lowest BCUT2D eigenvalue weighted by Crippen LogP contribution is -2.28. The molecule has 0 radical (unpaired) electrons. The van der Waals surface area contributed by atoms with E-state index in [9.17, 15) is 14.0 Å². The lowest BCUT2D eigenvalue weighted by Gasteiger charge is -2.18. The fourth-order valence-corrected chi connectivity index (χ4v) is 6.05. The third-order valence-electron chi connectivity index (χ3n) is 8.13. The Balaban J connectivity index is 1.50. The van der Waals surface area contributed by atoms with Crippen LogP contribution < -0.4 is 10.1 Å². The van der Waals surface area contributed by atoms with Gasteiger partial charge in [0.05, 0.1) is 24.4 Å². The van der Waals surface area contributed by atoms with Crippen molar-refractivity contribution < 1.29 is 28.2 Å². The smallest absolute Gasteiger partial charge is 0.335 e. The van der Waals surface area contributed by atoms with Crippen LogP contribution >= 0.6 is 0 Å². The molecule has 0 saturated heterocycles. The van der Waals surface area contributed by atoms with E-state index < -0.39 is 6.10 Å². The number of carbonyl (C=O) groups excluding carboxylic acids is 2. The summed E-state index contributed by atoms with van der Waals surface area (Å²) in [5, 5.41) is 3.11. The molecule has 0 aliphatic heterocycles. The molecule has 1 atom stereocenters. The molecule has 254 valence electrons. The van der Waals surface area contributed by atoms with Crippen molar-refractivity contribution in [1.82, 2.24) is 4.57 Å². The van der Waals surface area contributed by atoms with Gasteiger partial charge >= 0.3 is 5.97 Å². The SMILES string of the molecule is CCOC(=O)[C@@H](Cc1ccc(OCCn2c(-c3ccc(F)cc3)c(-c3ccccc3)c(C(=O)Nc3ccccc3)c2C(C)C)cc1)OCC. The van der Waals surface area contributed by atoms with Gasteiger partial charge in [-0.1, -0.05) is 74.5 Å². The third-order valence-corrected chi connectivity index (χ3v) is 8.13. The van der Waals surface area contributed by atoms with Gasteiger partial charge in [0.25, 0.3) is 5.91 Å². The molecule has 1 amide bonds. The first kappa shape index (κ1) is 35.1. The molecule has 1 heterocycles. The molecule has 1 aromatic heterocycles. The van der Waals surface area contributed by atoms with Gasteiger partial charge < -0.3 is 24.1 Å². The first-order chi connectivity index (χ1) is 23.8. The normalized spacial score (nSPS) is 11.7. The second-order valence-corrected chi connectivity index (χ2v) is 11.9. The number of hydrogen-bond donors (Lipinski definition) is 1. The van der Waals surface area contributed by atoms with E-state index in [2.05, 4.69) is 23.7 Å². The summed E-state index contributed by atoms with van der Waals surface area (Å²) in [7, 11) is 0. The van der Waals surface area contributed by atoms with Gasteiger partial charge in [-0.05, 0) is 85.0 Å². The summed E-state index contributed by atoms with van der Waals surface area (Å²) in [6.07, 6.45) is -0.276. The number of esters is 1. The van der Waals surface area contributed by atoms with E-state index in [1.54, 1.807) is 19.1 Å². The zero-order valence-electron chi connectivity index (χ0n) is 28.4. The van der Waals surface area contributed by atoms with Crippen LogP contribution in [0.25, 0.3) is 22.4 Å². The summed E-state index contributed by atoms with van der Waals surface area (Å²) < 4.78 is 33.4. The first-order valence-corrected chi connectivity index (χ1v) is 16.7. The first-order valence-electron chi connectivity index (χ1n) is 16.7. The van der Waals surface area contributed by atoms with E-state index in [0.29, 0.717) is 49.8 Å². The Bertz CT molecular complexity index is 1820. The number of para-hydroxylation sites is 1. The van der Waals surface area contributed by atoms with Crippen molar-refractivity contribution in [3.05, 3.63) is 132 Å². The van der Waals surface area contributed by atoms with E-state index in [4.69, 9.17) is 14.2 Å². The Morgan fingerprint density at radius 3 is 2.06 bits per heavy atom. The lowest BCUT2D eigenvalue weighted by molar-refractivity contribution is -0.156. The molecule has 0 saturated carbocycles. The van der Waals surface area contributed by atoms with Crippen LogP contribution in [0.1, 0.15) is 55.2 Å². The van der Waals surface area contributed by atoms with Crippen LogP contribution in [0.2, 0.25) is 0 Å². The molecule has 0 bridgehead atoms. The van der Waals surface area contributed by atoms with Crippen LogP contribution in [0.4, 0.5) is 10.1 Å². The zero-order valence-corrected chi connectivity index (χ0v) is 28.4. The number of hydrogen-bond acceptors (Lipinski definition) is 5. The predicted octanol–water partition coefficient (Wildman–Crippen LogP) is 8.93. The summed E-state index contributed by atoms with van der Waals surface area (Å²) in [5.74, 6) is -0.303. The summed E-state index contributed by atoms with van der Waals surface area (Å²) in [6, 6.07) is 33.2. The fourth-order valence-electron chi connectivity index (χ4n) is 6.05. The standard InChI is InChI=1S/C41H43FN2O5/c1-5-47-35(41(46)48-6-2)27-29-17-23-34(24-18-29)49-26-25-44-38(28(3)4)37(40(45)43-33-15-11-8-12-16-33)36(30-13-9-7-10-14-30)39(44)31-19-21-32(42)22-20-31/h7-24,28,35H,5-6,25-27H2,1-4H3,(H,43,45)/t35-/m1/s1. The number of halogens is 1. The minimum Gasteiger partial charge on any atom is -0.492 e. The Kier molecular flexibility index (Phi) is 12.0. The average Bonchev–Trinajstić information content (AvgIpc) is 3.45. The highest BCUT2D eigenvalue weighted by atomic mass is 19.1. The predicted molar refractivity (Wildman–Crippen MR) is 191 cm³/mol.